The summed E-state index contributed by atoms with van der Waals surface area (Å²) in [5.41, 5.74) is 7.37. The molecule has 1 aromatic carbocycles. The topological polar surface area (TPSA) is 35.2 Å². The predicted octanol–water partition coefficient (Wildman–Crippen LogP) is 4.01. The van der Waals surface area contributed by atoms with Crippen LogP contribution in [0.4, 0.5) is 0 Å². The summed E-state index contributed by atoms with van der Waals surface area (Å²) in [7, 11) is 0. The number of hydrogen-bond donors (Lipinski definition) is 1. The molecular weight excluding hydrogens is 242 g/mol. The molecule has 1 rings (SSSR count). The molecule has 0 fully saturated rings. The van der Waals surface area contributed by atoms with Crippen LogP contribution in [-0.4, -0.2) is 16.6 Å². The maximum Gasteiger partial charge on any atom is 0.120 e. The lowest BCUT2D eigenvalue weighted by atomic mass is 10.1. The van der Waals surface area contributed by atoms with Crippen LogP contribution >= 0.6 is 11.8 Å². The molecule has 2 nitrogen and oxygen atoms in total. The van der Waals surface area contributed by atoms with Gasteiger partial charge in [0.25, 0.3) is 0 Å². The first-order valence-electron chi connectivity index (χ1n) is 6.44. The van der Waals surface area contributed by atoms with Crippen molar-refractivity contribution < 1.29 is 4.74 Å². The van der Waals surface area contributed by atoms with Crippen molar-refractivity contribution >= 4 is 11.8 Å². The molecule has 3 heteroatoms. The highest BCUT2D eigenvalue weighted by Crippen LogP contribution is 2.28. The molecular formula is C15H25NOS. The third-order valence-corrected chi connectivity index (χ3v) is 3.75. The normalized spacial score (nSPS) is 13.7. The van der Waals surface area contributed by atoms with Crippen LogP contribution in [0.15, 0.2) is 24.3 Å². The minimum Gasteiger partial charge on any atom is -0.491 e. The molecule has 18 heavy (non-hydrogen) atoms. The van der Waals surface area contributed by atoms with Crippen LogP contribution < -0.4 is 10.5 Å². The van der Waals surface area contributed by atoms with Crippen molar-refractivity contribution in [3.63, 3.8) is 0 Å². The number of rotatable bonds is 5. The van der Waals surface area contributed by atoms with Crippen molar-refractivity contribution in [2.45, 2.75) is 51.5 Å². The number of hydrogen-bond acceptors (Lipinski definition) is 3. The second kappa shape index (κ2) is 6.48. The Balaban J connectivity index is 2.65. The summed E-state index contributed by atoms with van der Waals surface area (Å²) in [5, 5.41) is 0. The SMILES string of the molecule is CC(C)Oc1cccc(C(N)CSC(C)(C)C)c1. The molecule has 1 atom stereocenters. The van der Waals surface area contributed by atoms with Crippen molar-refractivity contribution in [1.82, 2.24) is 0 Å². The van der Waals surface area contributed by atoms with E-state index in [0.29, 0.717) is 0 Å². The average molecular weight is 267 g/mol. The van der Waals surface area contributed by atoms with Gasteiger partial charge in [0.1, 0.15) is 5.75 Å². The van der Waals surface area contributed by atoms with E-state index in [1.165, 1.54) is 0 Å². The summed E-state index contributed by atoms with van der Waals surface area (Å²) >= 11 is 1.89. The lowest BCUT2D eigenvalue weighted by molar-refractivity contribution is 0.242. The van der Waals surface area contributed by atoms with Crippen molar-refractivity contribution in [3.8, 4) is 5.75 Å². The number of nitrogens with two attached hydrogens (primary N) is 1. The van der Waals surface area contributed by atoms with Crippen LogP contribution in [0.5, 0.6) is 5.75 Å². The van der Waals surface area contributed by atoms with Gasteiger partial charge in [-0.1, -0.05) is 32.9 Å². The van der Waals surface area contributed by atoms with Crippen LogP contribution in [0, 0.1) is 0 Å². The average Bonchev–Trinajstić information content (AvgIpc) is 2.24. The Morgan fingerprint density at radius 2 is 1.94 bits per heavy atom. The van der Waals surface area contributed by atoms with E-state index >= 15 is 0 Å². The molecule has 0 aromatic heterocycles. The van der Waals surface area contributed by atoms with Gasteiger partial charge in [-0.15, -0.1) is 0 Å². The molecule has 0 amide bonds. The fourth-order valence-corrected chi connectivity index (χ4v) is 2.40. The molecule has 0 saturated heterocycles. The van der Waals surface area contributed by atoms with Gasteiger partial charge in [0.15, 0.2) is 0 Å². The Bertz CT molecular complexity index is 371. The number of thioether (sulfide) groups is 1. The summed E-state index contributed by atoms with van der Waals surface area (Å²) in [6.45, 7) is 10.7. The van der Waals surface area contributed by atoms with Crippen LogP contribution in [0.1, 0.15) is 46.2 Å². The molecule has 0 bridgehead atoms. The Hall–Kier alpha value is -0.670. The molecule has 0 aliphatic rings. The predicted molar refractivity (Wildman–Crippen MR) is 81.3 cm³/mol. The highest BCUT2D eigenvalue weighted by atomic mass is 32.2. The number of ether oxygens (including phenoxy) is 1. The molecule has 0 radical (unpaired) electrons. The zero-order valence-corrected chi connectivity index (χ0v) is 12.9. The lowest BCUT2D eigenvalue weighted by Gasteiger charge is -2.21. The Kier molecular flexibility index (Phi) is 5.54. The van der Waals surface area contributed by atoms with Gasteiger partial charge < -0.3 is 10.5 Å². The van der Waals surface area contributed by atoms with E-state index in [2.05, 4.69) is 26.8 Å². The summed E-state index contributed by atoms with van der Waals surface area (Å²) in [6.07, 6.45) is 0.195. The maximum absolute atomic E-state index is 6.23. The monoisotopic (exact) mass is 267 g/mol. The van der Waals surface area contributed by atoms with Crippen LogP contribution in [-0.2, 0) is 0 Å². The molecule has 1 unspecified atom stereocenters. The van der Waals surface area contributed by atoms with Crippen molar-refractivity contribution in [2.75, 3.05) is 5.75 Å². The van der Waals surface area contributed by atoms with Gasteiger partial charge in [0, 0.05) is 16.5 Å². The Labute approximate surface area is 115 Å². The van der Waals surface area contributed by atoms with Crippen molar-refractivity contribution in [1.29, 1.82) is 0 Å². The molecule has 0 aliphatic heterocycles. The fourth-order valence-electron chi connectivity index (χ4n) is 1.53. The molecule has 0 heterocycles. The van der Waals surface area contributed by atoms with E-state index in [-0.39, 0.29) is 16.9 Å². The molecule has 0 spiro atoms. The van der Waals surface area contributed by atoms with Gasteiger partial charge in [-0.05, 0) is 31.5 Å². The van der Waals surface area contributed by atoms with E-state index in [1.807, 2.05) is 43.8 Å². The molecule has 102 valence electrons. The smallest absolute Gasteiger partial charge is 0.120 e. The minimum atomic E-state index is 0.0601. The highest BCUT2D eigenvalue weighted by Gasteiger charge is 2.14. The van der Waals surface area contributed by atoms with E-state index in [0.717, 1.165) is 17.1 Å². The van der Waals surface area contributed by atoms with Crippen LogP contribution in [0.2, 0.25) is 0 Å². The first-order chi connectivity index (χ1) is 8.28. The van der Waals surface area contributed by atoms with E-state index in [4.69, 9.17) is 10.5 Å². The second-order valence-corrected chi connectivity index (χ2v) is 7.62. The highest BCUT2D eigenvalue weighted by molar-refractivity contribution is 8.00. The van der Waals surface area contributed by atoms with Crippen molar-refractivity contribution in [2.24, 2.45) is 5.73 Å². The Morgan fingerprint density at radius 1 is 1.28 bits per heavy atom. The van der Waals surface area contributed by atoms with Gasteiger partial charge in [0.2, 0.25) is 0 Å². The molecule has 0 saturated carbocycles. The largest absolute Gasteiger partial charge is 0.491 e. The van der Waals surface area contributed by atoms with Gasteiger partial charge in [-0.3, -0.25) is 0 Å². The van der Waals surface area contributed by atoms with Gasteiger partial charge in [-0.25, -0.2) is 0 Å². The summed E-state index contributed by atoms with van der Waals surface area (Å²) in [5.74, 6) is 1.83. The summed E-state index contributed by atoms with van der Waals surface area (Å²) < 4.78 is 5.94. The van der Waals surface area contributed by atoms with E-state index < -0.39 is 0 Å². The van der Waals surface area contributed by atoms with E-state index in [9.17, 15) is 0 Å². The van der Waals surface area contributed by atoms with Crippen molar-refractivity contribution in [3.05, 3.63) is 29.8 Å². The third-order valence-electron chi connectivity index (χ3n) is 2.35. The number of benzene rings is 1. The van der Waals surface area contributed by atoms with Gasteiger partial charge in [0.05, 0.1) is 6.10 Å². The minimum absolute atomic E-state index is 0.0601. The van der Waals surface area contributed by atoms with Crippen LogP contribution in [0.25, 0.3) is 0 Å². The molecule has 1 aromatic rings. The molecule has 0 aliphatic carbocycles. The lowest BCUT2D eigenvalue weighted by Crippen LogP contribution is -2.18. The zero-order valence-electron chi connectivity index (χ0n) is 12.1. The standard InChI is InChI=1S/C15H25NOS/c1-11(2)17-13-8-6-7-12(9-13)14(16)10-18-15(3,4)5/h6-9,11,14H,10,16H2,1-5H3. The van der Waals surface area contributed by atoms with Crippen LogP contribution in [0.3, 0.4) is 0 Å². The quantitative estimate of drug-likeness (QED) is 0.875. The van der Waals surface area contributed by atoms with Gasteiger partial charge in [-0.2, -0.15) is 11.8 Å². The van der Waals surface area contributed by atoms with E-state index in [1.54, 1.807) is 0 Å². The third kappa shape index (κ3) is 5.78. The molecule has 2 N–H and O–H groups in total. The first-order valence-corrected chi connectivity index (χ1v) is 7.42. The fraction of sp³-hybridized carbons (Fsp3) is 0.600. The Morgan fingerprint density at radius 3 is 2.50 bits per heavy atom. The second-order valence-electron chi connectivity index (χ2n) is 5.77. The maximum atomic E-state index is 6.23. The zero-order chi connectivity index (χ0) is 13.8. The van der Waals surface area contributed by atoms with Gasteiger partial charge >= 0.3 is 0 Å². The summed E-state index contributed by atoms with van der Waals surface area (Å²) in [4.78, 5) is 0. The summed E-state index contributed by atoms with van der Waals surface area (Å²) in [6, 6.07) is 8.17. The first kappa shape index (κ1) is 15.4.